The summed E-state index contributed by atoms with van der Waals surface area (Å²) in [6.07, 6.45) is 6.96. The van der Waals surface area contributed by atoms with Crippen molar-refractivity contribution >= 4 is 58.4 Å². The molecule has 1 aromatic rings. The van der Waals surface area contributed by atoms with Crippen molar-refractivity contribution in [3.05, 3.63) is 23.2 Å². The number of nitrogens with one attached hydrogen (secondary N) is 1. The highest BCUT2D eigenvalue weighted by Gasteiger charge is 2.51. The molecule has 1 N–H and O–H groups in total. The molecule has 4 rings (SSSR count). The van der Waals surface area contributed by atoms with Gasteiger partial charge in [-0.05, 0) is 55.9 Å². The van der Waals surface area contributed by atoms with E-state index in [2.05, 4.69) is 5.32 Å². The lowest BCUT2D eigenvalue weighted by atomic mass is 9.81. The molecule has 4 amide bonds. The van der Waals surface area contributed by atoms with E-state index in [-0.39, 0.29) is 35.5 Å². The lowest BCUT2D eigenvalue weighted by Gasteiger charge is -2.26. The summed E-state index contributed by atoms with van der Waals surface area (Å²) >= 11 is 7.98. The topological polar surface area (TPSA) is 86.8 Å². The van der Waals surface area contributed by atoms with Crippen LogP contribution in [-0.2, 0) is 19.2 Å². The summed E-state index contributed by atoms with van der Waals surface area (Å²) in [7, 11) is 0. The number of halogens is 1. The van der Waals surface area contributed by atoms with Gasteiger partial charge in [-0.15, -0.1) is 0 Å². The number of fused-ring (bicyclic) bond motifs is 1. The van der Waals surface area contributed by atoms with Crippen LogP contribution in [0.2, 0.25) is 5.02 Å². The molecule has 7 nitrogen and oxygen atoms in total. The van der Waals surface area contributed by atoms with Crippen LogP contribution < -0.4 is 10.2 Å². The molecule has 3 aliphatic rings. The summed E-state index contributed by atoms with van der Waals surface area (Å²) in [4.78, 5) is 54.2. The first-order valence-corrected chi connectivity index (χ1v) is 13.0. The van der Waals surface area contributed by atoms with Gasteiger partial charge in [0.1, 0.15) is 6.04 Å². The zero-order valence-electron chi connectivity index (χ0n) is 18.1. The van der Waals surface area contributed by atoms with E-state index in [4.69, 9.17) is 11.6 Å². The summed E-state index contributed by atoms with van der Waals surface area (Å²) in [5, 5.41) is 3.21. The molecule has 3 atom stereocenters. The van der Waals surface area contributed by atoms with E-state index in [1.807, 2.05) is 6.26 Å². The van der Waals surface area contributed by atoms with Crippen LogP contribution in [0.3, 0.4) is 0 Å². The average Bonchev–Trinajstić information content (AvgIpc) is 3.31. The molecule has 1 aliphatic carbocycles. The number of benzene rings is 1. The SMILES string of the molecule is CSCCC(C(=O)Nc1ccc(N2CCCC2=O)c(Cl)c1)N1C(=O)C2CCCCC2C1=O. The van der Waals surface area contributed by atoms with Crippen molar-refractivity contribution in [3.8, 4) is 0 Å². The first kappa shape index (κ1) is 23.1. The Morgan fingerprint density at radius 2 is 1.84 bits per heavy atom. The van der Waals surface area contributed by atoms with E-state index < -0.39 is 6.04 Å². The van der Waals surface area contributed by atoms with E-state index in [1.54, 1.807) is 34.9 Å². The Kier molecular flexibility index (Phi) is 7.10. The molecule has 0 bridgehead atoms. The van der Waals surface area contributed by atoms with Crippen molar-refractivity contribution in [2.45, 2.75) is 51.0 Å². The largest absolute Gasteiger partial charge is 0.324 e. The van der Waals surface area contributed by atoms with Crippen LogP contribution in [0.25, 0.3) is 0 Å². The van der Waals surface area contributed by atoms with E-state index in [0.29, 0.717) is 41.5 Å². The monoisotopic (exact) mass is 477 g/mol. The van der Waals surface area contributed by atoms with Gasteiger partial charge < -0.3 is 10.2 Å². The number of carbonyl (C=O) groups is 4. The highest BCUT2D eigenvalue weighted by atomic mass is 35.5. The Bertz CT molecular complexity index is 916. The van der Waals surface area contributed by atoms with Gasteiger partial charge in [-0.25, -0.2) is 0 Å². The Hall–Kier alpha value is -2.06. The molecule has 3 fully saturated rings. The molecule has 2 heterocycles. The van der Waals surface area contributed by atoms with Crippen LogP contribution in [0.5, 0.6) is 0 Å². The number of imide groups is 1. The Morgan fingerprint density at radius 1 is 1.16 bits per heavy atom. The van der Waals surface area contributed by atoms with E-state index in [1.165, 1.54) is 4.90 Å². The third-order valence-electron chi connectivity index (χ3n) is 6.66. The number of amides is 4. The third-order valence-corrected chi connectivity index (χ3v) is 7.61. The lowest BCUT2D eigenvalue weighted by molar-refractivity contribution is -0.146. The van der Waals surface area contributed by atoms with Crippen LogP contribution in [0.15, 0.2) is 18.2 Å². The number of rotatable bonds is 7. The Labute approximate surface area is 197 Å². The number of anilines is 2. The van der Waals surface area contributed by atoms with Gasteiger partial charge >= 0.3 is 0 Å². The maximum Gasteiger partial charge on any atom is 0.247 e. The van der Waals surface area contributed by atoms with Gasteiger partial charge in [-0.3, -0.25) is 24.1 Å². The van der Waals surface area contributed by atoms with Crippen LogP contribution in [0.1, 0.15) is 44.9 Å². The second-order valence-electron chi connectivity index (χ2n) is 8.65. The molecule has 2 aliphatic heterocycles. The predicted octanol–water partition coefficient (Wildman–Crippen LogP) is 3.70. The molecule has 0 radical (unpaired) electrons. The highest BCUT2D eigenvalue weighted by Crippen LogP contribution is 2.39. The number of carbonyl (C=O) groups excluding carboxylic acids is 4. The summed E-state index contributed by atoms with van der Waals surface area (Å²) in [5.41, 5.74) is 1.10. The van der Waals surface area contributed by atoms with Crippen molar-refractivity contribution in [1.29, 1.82) is 0 Å². The van der Waals surface area contributed by atoms with Crippen molar-refractivity contribution in [2.24, 2.45) is 11.8 Å². The second-order valence-corrected chi connectivity index (χ2v) is 10.0. The minimum atomic E-state index is -0.841. The average molecular weight is 478 g/mol. The Balaban J connectivity index is 1.52. The first-order valence-electron chi connectivity index (χ1n) is 11.2. The molecule has 1 saturated carbocycles. The fourth-order valence-corrected chi connectivity index (χ4v) is 5.78. The first-order chi connectivity index (χ1) is 15.4. The van der Waals surface area contributed by atoms with E-state index in [0.717, 1.165) is 32.1 Å². The van der Waals surface area contributed by atoms with Gasteiger partial charge in [0.2, 0.25) is 23.6 Å². The summed E-state index contributed by atoms with van der Waals surface area (Å²) in [6, 6.07) is 4.19. The van der Waals surface area contributed by atoms with Crippen LogP contribution in [-0.4, -0.2) is 53.1 Å². The number of thioether (sulfide) groups is 1. The van der Waals surface area contributed by atoms with E-state index >= 15 is 0 Å². The summed E-state index contributed by atoms with van der Waals surface area (Å²) in [5.74, 6) is -0.681. The molecule has 1 aromatic carbocycles. The summed E-state index contributed by atoms with van der Waals surface area (Å²) in [6.45, 7) is 0.628. The Morgan fingerprint density at radius 3 is 2.41 bits per heavy atom. The van der Waals surface area contributed by atoms with Crippen molar-refractivity contribution in [1.82, 2.24) is 4.90 Å². The van der Waals surface area contributed by atoms with Gasteiger partial charge in [-0.2, -0.15) is 11.8 Å². The molecule has 0 aromatic heterocycles. The second kappa shape index (κ2) is 9.83. The maximum atomic E-state index is 13.2. The predicted molar refractivity (Wildman–Crippen MR) is 126 cm³/mol. The number of hydrogen-bond acceptors (Lipinski definition) is 5. The van der Waals surface area contributed by atoms with Crippen LogP contribution >= 0.6 is 23.4 Å². The zero-order chi connectivity index (χ0) is 22.8. The molecule has 32 heavy (non-hydrogen) atoms. The molecule has 9 heteroatoms. The van der Waals surface area contributed by atoms with Crippen LogP contribution in [0.4, 0.5) is 11.4 Å². The quantitative estimate of drug-likeness (QED) is 0.605. The number of hydrogen-bond donors (Lipinski definition) is 1. The smallest absolute Gasteiger partial charge is 0.247 e. The van der Waals surface area contributed by atoms with Gasteiger partial charge in [-0.1, -0.05) is 24.4 Å². The van der Waals surface area contributed by atoms with Gasteiger partial charge in [0.15, 0.2) is 0 Å². The minimum absolute atomic E-state index is 0.0355. The van der Waals surface area contributed by atoms with Crippen molar-refractivity contribution < 1.29 is 19.2 Å². The molecule has 3 unspecified atom stereocenters. The van der Waals surface area contributed by atoms with Crippen molar-refractivity contribution in [2.75, 3.05) is 28.8 Å². The maximum absolute atomic E-state index is 13.2. The highest BCUT2D eigenvalue weighted by molar-refractivity contribution is 7.98. The molecule has 0 spiro atoms. The van der Waals surface area contributed by atoms with Gasteiger partial charge in [0, 0.05) is 18.7 Å². The standard InChI is InChI=1S/C23H28ClN3O4S/c1-32-12-10-19(27-22(30)15-5-2-3-6-16(15)23(27)31)21(29)25-14-8-9-18(17(24)13-14)26-11-4-7-20(26)28/h8-9,13,15-16,19H,2-7,10-12H2,1H3,(H,25,29). The molecule has 2 saturated heterocycles. The molecular weight excluding hydrogens is 450 g/mol. The summed E-state index contributed by atoms with van der Waals surface area (Å²) < 4.78 is 0. The van der Waals surface area contributed by atoms with E-state index in [9.17, 15) is 19.2 Å². The number of nitrogens with zero attached hydrogens (tertiary/aromatic N) is 2. The lowest BCUT2D eigenvalue weighted by Crippen LogP contribution is -2.48. The normalized spacial score (nSPS) is 24.1. The van der Waals surface area contributed by atoms with Crippen molar-refractivity contribution in [3.63, 3.8) is 0 Å². The fraction of sp³-hybridized carbons (Fsp3) is 0.565. The van der Waals surface area contributed by atoms with Gasteiger partial charge in [0.25, 0.3) is 0 Å². The van der Waals surface area contributed by atoms with Crippen LogP contribution in [0, 0.1) is 11.8 Å². The molecular formula is C23H28ClN3O4S. The third kappa shape index (κ3) is 4.39. The zero-order valence-corrected chi connectivity index (χ0v) is 19.7. The number of likely N-dealkylation sites (tertiary alicyclic amines) is 1. The van der Waals surface area contributed by atoms with Gasteiger partial charge in [0.05, 0.1) is 22.5 Å². The minimum Gasteiger partial charge on any atom is -0.324 e. The molecule has 172 valence electrons. The fourth-order valence-electron chi connectivity index (χ4n) is 5.03.